The molecule has 0 bridgehead atoms. The van der Waals surface area contributed by atoms with E-state index in [0.29, 0.717) is 13.0 Å². The van der Waals surface area contributed by atoms with E-state index < -0.39 is 23.8 Å². The average molecular weight is 346 g/mol. The fourth-order valence-corrected chi connectivity index (χ4v) is 1.49. The van der Waals surface area contributed by atoms with Crippen LogP contribution in [0.5, 0.6) is 0 Å². The Morgan fingerprint density at radius 3 is 2.21 bits per heavy atom. The lowest BCUT2D eigenvalue weighted by Crippen LogP contribution is -2.38. The number of hydrogen-bond donors (Lipinski definition) is 3. The van der Waals surface area contributed by atoms with Crippen LogP contribution in [-0.2, 0) is 14.3 Å². The third-order valence-corrected chi connectivity index (χ3v) is 2.72. The minimum atomic E-state index is -0.628. The standard InChI is InChI=1S/C15H30N4O5/c1-15(2,3)24-14(22)18-8-6-11(16)10-23-13(21)17-9-7-12(20)19(4)5/h11H,6-10,16H2,1-5H3,(H,17,21)(H,18,22)/t11-/m0/s1. The summed E-state index contributed by atoms with van der Waals surface area (Å²) in [4.78, 5) is 35.6. The van der Waals surface area contributed by atoms with E-state index in [4.69, 9.17) is 15.2 Å². The highest BCUT2D eigenvalue weighted by atomic mass is 16.6. The minimum Gasteiger partial charge on any atom is -0.448 e. The van der Waals surface area contributed by atoms with Crippen LogP contribution >= 0.6 is 0 Å². The average Bonchev–Trinajstić information content (AvgIpc) is 2.42. The van der Waals surface area contributed by atoms with Gasteiger partial charge in [-0.1, -0.05) is 0 Å². The first-order chi connectivity index (χ1) is 11.0. The van der Waals surface area contributed by atoms with Crippen molar-refractivity contribution in [3.63, 3.8) is 0 Å². The Hall–Kier alpha value is -2.03. The SMILES string of the molecule is CN(C)C(=O)CCNC(=O)OC[C@@H](N)CCNC(=O)OC(C)(C)C. The molecule has 0 heterocycles. The third kappa shape index (κ3) is 12.5. The zero-order chi connectivity index (χ0) is 18.8. The molecule has 0 saturated heterocycles. The van der Waals surface area contributed by atoms with Gasteiger partial charge >= 0.3 is 12.2 Å². The molecular weight excluding hydrogens is 316 g/mol. The molecule has 0 aliphatic rings. The highest BCUT2D eigenvalue weighted by molar-refractivity contribution is 5.76. The molecule has 0 fully saturated rings. The Kier molecular flexibility index (Phi) is 9.79. The largest absolute Gasteiger partial charge is 0.448 e. The number of nitrogens with zero attached hydrogens (tertiary/aromatic N) is 1. The monoisotopic (exact) mass is 346 g/mol. The molecule has 0 aromatic rings. The summed E-state index contributed by atoms with van der Waals surface area (Å²) in [5.41, 5.74) is 5.24. The maximum Gasteiger partial charge on any atom is 0.407 e. The summed E-state index contributed by atoms with van der Waals surface area (Å²) in [6.45, 7) is 5.86. The van der Waals surface area contributed by atoms with E-state index in [-0.39, 0.29) is 25.5 Å². The fraction of sp³-hybridized carbons (Fsp3) is 0.800. The molecule has 0 spiro atoms. The topological polar surface area (TPSA) is 123 Å². The first kappa shape index (κ1) is 22.0. The molecular formula is C15H30N4O5. The van der Waals surface area contributed by atoms with Crippen molar-refractivity contribution in [2.75, 3.05) is 33.8 Å². The van der Waals surface area contributed by atoms with Crippen molar-refractivity contribution in [1.29, 1.82) is 0 Å². The molecule has 0 saturated carbocycles. The summed E-state index contributed by atoms with van der Waals surface area (Å²) in [6, 6.07) is -0.408. The van der Waals surface area contributed by atoms with Gasteiger partial charge in [0.05, 0.1) is 0 Å². The molecule has 4 N–H and O–H groups in total. The number of alkyl carbamates (subject to hydrolysis) is 2. The van der Waals surface area contributed by atoms with E-state index in [9.17, 15) is 14.4 Å². The van der Waals surface area contributed by atoms with Crippen LogP contribution in [0.1, 0.15) is 33.6 Å². The van der Waals surface area contributed by atoms with Gasteiger partial charge in [-0.05, 0) is 27.2 Å². The van der Waals surface area contributed by atoms with Gasteiger partial charge in [0.2, 0.25) is 5.91 Å². The highest BCUT2D eigenvalue weighted by Crippen LogP contribution is 2.06. The van der Waals surface area contributed by atoms with Crippen molar-refractivity contribution in [3.05, 3.63) is 0 Å². The first-order valence-electron chi connectivity index (χ1n) is 7.84. The van der Waals surface area contributed by atoms with Crippen molar-refractivity contribution in [2.24, 2.45) is 5.73 Å². The number of hydrogen-bond acceptors (Lipinski definition) is 6. The quantitative estimate of drug-likeness (QED) is 0.586. The van der Waals surface area contributed by atoms with Crippen LogP contribution in [0.15, 0.2) is 0 Å². The molecule has 3 amide bonds. The number of carbonyl (C=O) groups is 3. The van der Waals surface area contributed by atoms with Gasteiger partial charge in [0.25, 0.3) is 0 Å². The molecule has 0 aromatic carbocycles. The van der Waals surface area contributed by atoms with Gasteiger partial charge in [-0.15, -0.1) is 0 Å². The predicted octanol–water partition coefficient (Wildman–Crippen LogP) is 0.433. The Morgan fingerprint density at radius 2 is 1.67 bits per heavy atom. The molecule has 0 aliphatic carbocycles. The van der Waals surface area contributed by atoms with Crippen LogP contribution in [0.3, 0.4) is 0 Å². The molecule has 140 valence electrons. The maximum atomic E-state index is 11.4. The molecule has 0 aliphatic heterocycles. The van der Waals surface area contributed by atoms with Crippen LogP contribution in [0.2, 0.25) is 0 Å². The summed E-state index contributed by atoms with van der Waals surface area (Å²) in [6.07, 6.45) is -0.504. The van der Waals surface area contributed by atoms with Gasteiger partial charge in [0.1, 0.15) is 12.2 Å². The Morgan fingerprint density at radius 1 is 1.08 bits per heavy atom. The van der Waals surface area contributed by atoms with Crippen LogP contribution < -0.4 is 16.4 Å². The summed E-state index contributed by atoms with van der Waals surface area (Å²) >= 11 is 0. The summed E-state index contributed by atoms with van der Waals surface area (Å²) in [5, 5.41) is 5.05. The second-order valence-corrected chi connectivity index (χ2v) is 6.54. The van der Waals surface area contributed by atoms with Crippen LogP contribution in [-0.4, -0.2) is 68.4 Å². The molecule has 0 aromatic heterocycles. The van der Waals surface area contributed by atoms with Crippen LogP contribution in [0, 0.1) is 0 Å². The lowest BCUT2D eigenvalue weighted by atomic mass is 10.2. The molecule has 9 nitrogen and oxygen atoms in total. The number of ether oxygens (including phenoxy) is 2. The number of carbonyl (C=O) groups excluding carboxylic acids is 3. The van der Waals surface area contributed by atoms with Gasteiger partial charge in [0.15, 0.2) is 0 Å². The highest BCUT2D eigenvalue weighted by Gasteiger charge is 2.16. The Bertz CT molecular complexity index is 421. The second kappa shape index (κ2) is 10.7. The number of rotatable bonds is 8. The van der Waals surface area contributed by atoms with Crippen molar-refractivity contribution in [1.82, 2.24) is 15.5 Å². The van der Waals surface area contributed by atoms with E-state index in [1.54, 1.807) is 34.9 Å². The van der Waals surface area contributed by atoms with Crippen molar-refractivity contribution in [2.45, 2.75) is 45.3 Å². The van der Waals surface area contributed by atoms with Gasteiger partial charge in [-0.25, -0.2) is 9.59 Å². The summed E-state index contributed by atoms with van der Waals surface area (Å²) < 4.78 is 10.0. The normalized spacial score (nSPS) is 12.1. The van der Waals surface area contributed by atoms with Gasteiger partial charge in [0, 0.05) is 39.6 Å². The molecule has 0 unspecified atom stereocenters. The van der Waals surface area contributed by atoms with Crippen molar-refractivity contribution >= 4 is 18.1 Å². The summed E-state index contributed by atoms with van der Waals surface area (Å²) in [5.74, 6) is -0.0831. The summed E-state index contributed by atoms with van der Waals surface area (Å²) in [7, 11) is 3.29. The number of amides is 3. The van der Waals surface area contributed by atoms with E-state index in [1.807, 2.05) is 0 Å². The predicted molar refractivity (Wildman–Crippen MR) is 89.5 cm³/mol. The molecule has 24 heavy (non-hydrogen) atoms. The van der Waals surface area contributed by atoms with Gasteiger partial charge < -0.3 is 30.7 Å². The van der Waals surface area contributed by atoms with Crippen LogP contribution in [0.4, 0.5) is 9.59 Å². The maximum absolute atomic E-state index is 11.4. The van der Waals surface area contributed by atoms with E-state index in [1.165, 1.54) is 4.90 Å². The third-order valence-electron chi connectivity index (χ3n) is 2.72. The zero-order valence-electron chi connectivity index (χ0n) is 15.2. The lowest BCUT2D eigenvalue weighted by molar-refractivity contribution is -0.128. The Balaban J connectivity index is 3.74. The van der Waals surface area contributed by atoms with Crippen molar-refractivity contribution in [3.8, 4) is 0 Å². The number of nitrogens with one attached hydrogen (secondary N) is 2. The minimum absolute atomic E-state index is 0.0173. The molecule has 9 heteroatoms. The van der Waals surface area contributed by atoms with Crippen molar-refractivity contribution < 1.29 is 23.9 Å². The molecule has 0 rings (SSSR count). The lowest BCUT2D eigenvalue weighted by Gasteiger charge is -2.20. The van der Waals surface area contributed by atoms with Crippen LogP contribution in [0.25, 0.3) is 0 Å². The first-order valence-corrected chi connectivity index (χ1v) is 7.84. The smallest absolute Gasteiger partial charge is 0.407 e. The van der Waals surface area contributed by atoms with E-state index in [2.05, 4.69) is 10.6 Å². The Labute approximate surface area is 143 Å². The number of nitrogens with two attached hydrogens (primary N) is 1. The van der Waals surface area contributed by atoms with E-state index >= 15 is 0 Å². The second-order valence-electron chi connectivity index (χ2n) is 6.54. The molecule has 0 radical (unpaired) electrons. The molecule has 1 atom stereocenters. The van der Waals surface area contributed by atoms with E-state index in [0.717, 1.165) is 0 Å². The van der Waals surface area contributed by atoms with Gasteiger partial charge in [-0.3, -0.25) is 4.79 Å². The van der Waals surface area contributed by atoms with Gasteiger partial charge in [-0.2, -0.15) is 0 Å². The fourth-order valence-electron chi connectivity index (χ4n) is 1.49. The zero-order valence-corrected chi connectivity index (χ0v) is 15.2.